The molecule has 1 heterocycles. The molecule has 0 aliphatic carbocycles. The van der Waals surface area contributed by atoms with Crippen molar-refractivity contribution in [1.82, 2.24) is 5.32 Å². The Morgan fingerprint density at radius 1 is 0.913 bits per heavy atom. The number of benzene rings is 2. The highest BCUT2D eigenvalue weighted by atomic mass is 127. The van der Waals surface area contributed by atoms with Crippen molar-refractivity contribution in [1.29, 1.82) is 0 Å². The lowest BCUT2D eigenvalue weighted by Gasteiger charge is -2.26. The van der Waals surface area contributed by atoms with Crippen LogP contribution in [0.25, 0.3) is 6.08 Å². The van der Waals surface area contributed by atoms with E-state index in [1.165, 1.54) is 6.08 Å². The van der Waals surface area contributed by atoms with Gasteiger partial charge in [0.1, 0.15) is 5.57 Å². The molecule has 1 saturated heterocycles. The second-order valence-corrected chi connectivity index (χ2v) is 5.98. The number of para-hydroxylation sites is 1. The highest BCUT2D eigenvalue weighted by Gasteiger charge is 2.36. The van der Waals surface area contributed by atoms with Gasteiger partial charge in [-0.05, 0) is 52.4 Å². The van der Waals surface area contributed by atoms with Crippen LogP contribution in [0.1, 0.15) is 5.56 Å². The molecule has 2 aromatic carbocycles. The second kappa shape index (κ2) is 6.33. The number of carbonyl (C=O) groups is 3. The molecule has 23 heavy (non-hydrogen) atoms. The standard InChI is InChI=1S/C17H11IN2O3/c18-14-9-5-4-6-11(14)10-13-15(21)19-17(23)20(16(13)22)12-7-2-1-3-8-12/h1-10H,(H,19,21,23). The van der Waals surface area contributed by atoms with Crippen LogP contribution in [0, 0.1) is 3.57 Å². The molecule has 0 bridgehead atoms. The smallest absolute Gasteiger partial charge is 0.273 e. The summed E-state index contributed by atoms with van der Waals surface area (Å²) in [5.74, 6) is -1.32. The molecule has 1 aliphatic rings. The first-order chi connectivity index (χ1) is 11.1. The number of amides is 4. The number of rotatable bonds is 2. The predicted molar refractivity (Wildman–Crippen MR) is 94.6 cm³/mol. The summed E-state index contributed by atoms with van der Waals surface area (Å²) in [6.07, 6.45) is 1.50. The van der Waals surface area contributed by atoms with Gasteiger partial charge in [-0.3, -0.25) is 14.9 Å². The fraction of sp³-hybridized carbons (Fsp3) is 0. The Morgan fingerprint density at radius 2 is 1.57 bits per heavy atom. The van der Waals surface area contributed by atoms with E-state index in [2.05, 4.69) is 27.9 Å². The molecule has 5 nitrogen and oxygen atoms in total. The number of barbiturate groups is 1. The van der Waals surface area contributed by atoms with Crippen molar-refractivity contribution in [3.63, 3.8) is 0 Å². The van der Waals surface area contributed by atoms with E-state index in [0.29, 0.717) is 5.69 Å². The average Bonchev–Trinajstić information content (AvgIpc) is 2.54. The molecular formula is C17H11IN2O3. The van der Waals surface area contributed by atoms with Gasteiger partial charge < -0.3 is 0 Å². The molecule has 0 radical (unpaired) electrons. The minimum Gasteiger partial charge on any atom is -0.273 e. The van der Waals surface area contributed by atoms with E-state index in [1.54, 1.807) is 36.4 Å². The third-order valence-corrected chi connectivity index (χ3v) is 4.30. The van der Waals surface area contributed by atoms with Gasteiger partial charge in [-0.15, -0.1) is 0 Å². The molecule has 2 aromatic rings. The number of urea groups is 1. The van der Waals surface area contributed by atoms with Crippen molar-refractivity contribution < 1.29 is 14.4 Å². The highest BCUT2D eigenvalue weighted by Crippen LogP contribution is 2.22. The lowest BCUT2D eigenvalue weighted by atomic mass is 10.1. The molecule has 6 heteroatoms. The van der Waals surface area contributed by atoms with Crippen LogP contribution in [0.15, 0.2) is 60.2 Å². The molecule has 3 rings (SSSR count). The van der Waals surface area contributed by atoms with Crippen LogP contribution in [0.3, 0.4) is 0 Å². The SMILES string of the molecule is O=C1NC(=O)N(c2ccccc2)C(=O)C1=Cc1ccccc1I. The summed E-state index contributed by atoms with van der Waals surface area (Å²) in [7, 11) is 0. The monoisotopic (exact) mass is 418 g/mol. The van der Waals surface area contributed by atoms with Crippen LogP contribution in [0.2, 0.25) is 0 Å². The summed E-state index contributed by atoms with van der Waals surface area (Å²) in [4.78, 5) is 37.7. The maximum Gasteiger partial charge on any atom is 0.335 e. The fourth-order valence-corrected chi connectivity index (χ4v) is 2.76. The summed E-state index contributed by atoms with van der Waals surface area (Å²) in [5.41, 5.74) is 1.09. The van der Waals surface area contributed by atoms with Gasteiger partial charge in [0, 0.05) is 3.57 Å². The number of anilines is 1. The van der Waals surface area contributed by atoms with Crippen LogP contribution in [-0.2, 0) is 9.59 Å². The maximum atomic E-state index is 12.6. The Kier molecular flexibility index (Phi) is 4.24. The van der Waals surface area contributed by atoms with E-state index in [4.69, 9.17) is 0 Å². The van der Waals surface area contributed by atoms with Gasteiger partial charge in [-0.1, -0.05) is 36.4 Å². The molecule has 114 valence electrons. The number of hydrogen-bond acceptors (Lipinski definition) is 3. The summed E-state index contributed by atoms with van der Waals surface area (Å²) < 4.78 is 0.904. The van der Waals surface area contributed by atoms with Crippen molar-refractivity contribution in [3.8, 4) is 0 Å². The second-order valence-electron chi connectivity index (χ2n) is 4.81. The third kappa shape index (κ3) is 3.02. The number of imide groups is 2. The Morgan fingerprint density at radius 3 is 2.26 bits per heavy atom. The summed E-state index contributed by atoms with van der Waals surface area (Å²) in [6, 6.07) is 15.1. The summed E-state index contributed by atoms with van der Waals surface area (Å²) in [5, 5.41) is 2.20. The topological polar surface area (TPSA) is 66.5 Å². The number of nitrogens with zero attached hydrogens (tertiary/aromatic N) is 1. The molecule has 4 amide bonds. The molecule has 0 atom stereocenters. The number of hydrogen-bond donors (Lipinski definition) is 1. The molecule has 0 saturated carbocycles. The Balaban J connectivity index is 2.04. The minimum atomic E-state index is -0.744. The van der Waals surface area contributed by atoms with Crippen LogP contribution in [0.4, 0.5) is 10.5 Å². The van der Waals surface area contributed by atoms with Gasteiger partial charge >= 0.3 is 6.03 Å². The van der Waals surface area contributed by atoms with E-state index in [1.807, 2.05) is 18.2 Å². The summed E-state index contributed by atoms with van der Waals surface area (Å²) >= 11 is 2.12. The van der Waals surface area contributed by atoms with E-state index in [0.717, 1.165) is 14.0 Å². The van der Waals surface area contributed by atoms with Crippen molar-refractivity contribution in [2.75, 3.05) is 4.90 Å². The van der Waals surface area contributed by atoms with Gasteiger partial charge in [-0.2, -0.15) is 0 Å². The van der Waals surface area contributed by atoms with Crippen LogP contribution >= 0.6 is 22.6 Å². The molecule has 1 aliphatic heterocycles. The lowest BCUT2D eigenvalue weighted by Crippen LogP contribution is -2.54. The van der Waals surface area contributed by atoms with Crippen LogP contribution in [-0.4, -0.2) is 17.8 Å². The zero-order chi connectivity index (χ0) is 16.4. The lowest BCUT2D eigenvalue weighted by molar-refractivity contribution is -0.122. The van der Waals surface area contributed by atoms with Gasteiger partial charge in [0.2, 0.25) is 0 Å². The minimum absolute atomic E-state index is 0.0717. The molecule has 0 unspecified atom stereocenters. The van der Waals surface area contributed by atoms with E-state index >= 15 is 0 Å². The third-order valence-electron chi connectivity index (χ3n) is 3.32. The number of carbonyl (C=O) groups excluding carboxylic acids is 3. The Labute approximate surface area is 146 Å². The molecule has 1 N–H and O–H groups in total. The quantitative estimate of drug-likeness (QED) is 0.464. The Bertz CT molecular complexity index is 831. The maximum absolute atomic E-state index is 12.6. The van der Waals surface area contributed by atoms with E-state index in [9.17, 15) is 14.4 Å². The van der Waals surface area contributed by atoms with Gasteiger partial charge in [0.15, 0.2) is 0 Å². The van der Waals surface area contributed by atoms with Gasteiger partial charge in [0.25, 0.3) is 11.8 Å². The summed E-state index contributed by atoms with van der Waals surface area (Å²) in [6.45, 7) is 0. The zero-order valence-electron chi connectivity index (χ0n) is 11.8. The van der Waals surface area contributed by atoms with Crippen LogP contribution < -0.4 is 10.2 Å². The molecule has 0 spiro atoms. The van der Waals surface area contributed by atoms with E-state index in [-0.39, 0.29) is 5.57 Å². The normalized spacial score (nSPS) is 16.7. The highest BCUT2D eigenvalue weighted by molar-refractivity contribution is 14.1. The van der Waals surface area contributed by atoms with Crippen molar-refractivity contribution in [3.05, 3.63) is 69.3 Å². The first-order valence-corrected chi connectivity index (χ1v) is 7.87. The number of nitrogens with one attached hydrogen (secondary N) is 1. The van der Waals surface area contributed by atoms with E-state index < -0.39 is 17.8 Å². The molecule has 1 fully saturated rings. The van der Waals surface area contributed by atoms with Crippen LogP contribution in [0.5, 0.6) is 0 Å². The van der Waals surface area contributed by atoms with Crippen molar-refractivity contribution in [2.45, 2.75) is 0 Å². The average molecular weight is 418 g/mol. The predicted octanol–water partition coefficient (Wildman–Crippen LogP) is 2.96. The first kappa shape index (κ1) is 15.4. The van der Waals surface area contributed by atoms with Gasteiger partial charge in [-0.25, -0.2) is 9.69 Å². The zero-order valence-corrected chi connectivity index (χ0v) is 14.0. The fourth-order valence-electron chi connectivity index (χ4n) is 2.22. The Hall–Kier alpha value is -2.48. The first-order valence-electron chi connectivity index (χ1n) is 6.79. The largest absolute Gasteiger partial charge is 0.335 e. The van der Waals surface area contributed by atoms with Gasteiger partial charge in [0.05, 0.1) is 5.69 Å². The number of halogens is 1. The molecular weight excluding hydrogens is 407 g/mol. The van der Waals surface area contributed by atoms with Crippen molar-refractivity contribution in [2.24, 2.45) is 0 Å². The molecule has 0 aromatic heterocycles. The van der Waals surface area contributed by atoms with Crippen molar-refractivity contribution >= 4 is 52.2 Å².